The largest absolute Gasteiger partial charge is 0.397 e. The summed E-state index contributed by atoms with van der Waals surface area (Å²) in [7, 11) is 2.13. The Labute approximate surface area is 84.9 Å². The van der Waals surface area contributed by atoms with E-state index in [2.05, 4.69) is 30.8 Å². The second-order valence-corrected chi connectivity index (χ2v) is 4.83. The average Bonchev–Trinajstić information content (AvgIpc) is 2.00. The zero-order valence-corrected chi connectivity index (χ0v) is 9.04. The standard InChI is InChI=1S/C11H17N3/c1-11(2)7-14(3)6-8-4-9(12)5-13-10(8)11/h4-5H,6-7,12H2,1-3H3. The molecule has 0 saturated carbocycles. The predicted molar refractivity (Wildman–Crippen MR) is 58.0 cm³/mol. The van der Waals surface area contributed by atoms with E-state index in [4.69, 9.17) is 5.73 Å². The highest BCUT2D eigenvalue weighted by Crippen LogP contribution is 2.31. The molecule has 14 heavy (non-hydrogen) atoms. The second-order valence-electron chi connectivity index (χ2n) is 4.83. The molecule has 0 bridgehead atoms. The van der Waals surface area contributed by atoms with Gasteiger partial charge in [0.15, 0.2) is 0 Å². The van der Waals surface area contributed by atoms with Crippen LogP contribution in [0.4, 0.5) is 5.69 Å². The smallest absolute Gasteiger partial charge is 0.0519 e. The van der Waals surface area contributed by atoms with E-state index in [1.807, 2.05) is 6.07 Å². The van der Waals surface area contributed by atoms with Crippen LogP contribution in [0, 0.1) is 0 Å². The van der Waals surface area contributed by atoms with E-state index in [1.54, 1.807) is 6.20 Å². The molecule has 0 unspecified atom stereocenters. The molecule has 0 radical (unpaired) electrons. The first kappa shape index (κ1) is 9.46. The van der Waals surface area contributed by atoms with E-state index in [1.165, 1.54) is 11.3 Å². The van der Waals surface area contributed by atoms with Crippen molar-refractivity contribution >= 4 is 5.69 Å². The van der Waals surface area contributed by atoms with Gasteiger partial charge in [0.25, 0.3) is 0 Å². The number of nitrogen functional groups attached to an aromatic ring is 1. The van der Waals surface area contributed by atoms with Gasteiger partial charge in [0.1, 0.15) is 0 Å². The number of rotatable bonds is 0. The monoisotopic (exact) mass is 191 g/mol. The maximum Gasteiger partial charge on any atom is 0.0519 e. The number of aromatic nitrogens is 1. The summed E-state index contributed by atoms with van der Waals surface area (Å²) in [5.41, 5.74) is 9.10. The number of likely N-dealkylation sites (N-methyl/N-ethyl adjacent to an activating group) is 1. The number of fused-ring (bicyclic) bond motifs is 1. The van der Waals surface area contributed by atoms with E-state index < -0.39 is 0 Å². The Morgan fingerprint density at radius 3 is 2.93 bits per heavy atom. The number of anilines is 1. The lowest BCUT2D eigenvalue weighted by atomic mass is 9.82. The van der Waals surface area contributed by atoms with E-state index in [0.717, 1.165) is 18.8 Å². The van der Waals surface area contributed by atoms with Gasteiger partial charge in [-0.05, 0) is 18.7 Å². The molecule has 3 heteroatoms. The maximum atomic E-state index is 5.73. The van der Waals surface area contributed by atoms with Crippen LogP contribution in [-0.4, -0.2) is 23.5 Å². The van der Waals surface area contributed by atoms with Gasteiger partial charge in [-0.3, -0.25) is 4.98 Å². The van der Waals surface area contributed by atoms with Gasteiger partial charge in [-0.2, -0.15) is 0 Å². The third kappa shape index (κ3) is 1.48. The minimum atomic E-state index is 0.135. The van der Waals surface area contributed by atoms with Crippen molar-refractivity contribution in [1.82, 2.24) is 9.88 Å². The van der Waals surface area contributed by atoms with Gasteiger partial charge in [-0.25, -0.2) is 0 Å². The summed E-state index contributed by atoms with van der Waals surface area (Å²) in [6, 6.07) is 2.04. The quantitative estimate of drug-likeness (QED) is 0.673. The van der Waals surface area contributed by atoms with Gasteiger partial charge in [-0.1, -0.05) is 13.8 Å². The van der Waals surface area contributed by atoms with Crippen LogP contribution in [0.5, 0.6) is 0 Å². The zero-order chi connectivity index (χ0) is 10.3. The molecule has 0 saturated heterocycles. The van der Waals surface area contributed by atoms with Crippen molar-refractivity contribution in [3.63, 3.8) is 0 Å². The molecule has 0 amide bonds. The van der Waals surface area contributed by atoms with Crippen molar-refractivity contribution in [3.8, 4) is 0 Å². The van der Waals surface area contributed by atoms with Crippen LogP contribution in [0.15, 0.2) is 12.3 Å². The lowest BCUT2D eigenvalue weighted by Gasteiger charge is -2.36. The van der Waals surface area contributed by atoms with Crippen LogP contribution in [0.3, 0.4) is 0 Å². The topological polar surface area (TPSA) is 42.1 Å². The van der Waals surface area contributed by atoms with Crippen LogP contribution in [0.1, 0.15) is 25.1 Å². The normalized spacial score (nSPS) is 20.5. The second kappa shape index (κ2) is 2.95. The Morgan fingerprint density at radius 2 is 2.21 bits per heavy atom. The molecule has 76 valence electrons. The summed E-state index contributed by atoms with van der Waals surface area (Å²) < 4.78 is 0. The van der Waals surface area contributed by atoms with Crippen LogP contribution in [0.2, 0.25) is 0 Å². The molecular formula is C11H17N3. The minimum Gasteiger partial charge on any atom is -0.397 e. The molecule has 2 rings (SSSR count). The van der Waals surface area contributed by atoms with Crippen molar-refractivity contribution in [2.75, 3.05) is 19.3 Å². The molecule has 0 fully saturated rings. The number of nitrogens with two attached hydrogens (primary N) is 1. The molecule has 1 aliphatic rings. The zero-order valence-electron chi connectivity index (χ0n) is 9.04. The van der Waals surface area contributed by atoms with Crippen molar-refractivity contribution in [2.45, 2.75) is 25.8 Å². The first-order valence-electron chi connectivity index (χ1n) is 4.92. The molecule has 0 spiro atoms. The number of hydrogen-bond donors (Lipinski definition) is 1. The fourth-order valence-electron chi connectivity index (χ4n) is 2.36. The number of nitrogens with zero attached hydrogens (tertiary/aromatic N) is 2. The van der Waals surface area contributed by atoms with Crippen molar-refractivity contribution < 1.29 is 0 Å². The van der Waals surface area contributed by atoms with E-state index >= 15 is 0 Å². The molecule has 1 aromatic heterocycles. The minimum absolute atomic E-state index is 0.135. The molecule has 0 aromatic carbocycles. The molecule has 0 aliphatic carbocycles. The Balaban J connectivity index is 2.52. The summed E-state index contributed by atoms with van der Waals surface area (Å²) in [4.78, 5) is 6.76. The van der Waals surface area contributed by atoms with Crippen molar-refractivity contribution in [3.05, 3.63) is 23.5 Å². The Bertz CT molecular complexity index is 358. The highest BCUT2D eigenvalue weighted by molar-refractivity contribution is 5.43. The summed E-state index contributed by atoms with van der Waals surface area (Å²) in [5.74, 6) is 0. The fraction of sp³-hybridized carbons (Fsp3) is 0.545. The average molecular weight is 191 g/mol. The van der Waals surface area contributed by atoms with Crippen LogP contribution in [-0.2, 0) is 12.0 Å². The van der Waals surface area contributed by atoms with Gasteiger partial charge < -0.3 is 10.6 Å². The predicted octanol–water partition coefficient (Wildman–Crippen LogP) is 1.39. The molecule has 3 nitrogen and oxygen atoms in total. The fourth-order valence-corrected chi connectivity index (χ4v) is 2.36. The van der Waals surface area contributed by atoms with E-state index in [-0.39, 0.29) is 5.41 Å². The van der Waals surface area contributed by atoms with Gasteiger partial charge in [-0.15, -0.1) is 0 Å². The molecule has 1 aliphatic heterocycles. The first-order valence-corrected chi connectivity index (χ1v) is 4.92. The van der Waals surface area contributed by atoms with Crippen molar-refractivity contribution in [2.24, 2.45) is 0 Å². The summed E-state index contributed by atoms with van der Waals surface area (Å²) in [5, 5.41) is 0. The maximum absolute atomic E-state index is 5.73. The van der Waals surface area contributed by atoms with Crippen LogP contribution >= 0.6 is 0 Å². The third-order valence-electron chi connectivity index (χ3n) is 2.73. The third-order valence-corrected chi connectivity index (χ3v) is 2.73. The highest BCUT2D eigenvalue weighted by atomic mass is 15.1. The molecular weight excluding hydrogens is 174 g/mol. The van der Waals surface area contributed by atoms with Gasteiger partial charge in [0, 0.05) is 18.5 Å². The van der Waals surface area contributed by atoms with Crippen LogP contribution in [0.25, 0.3) is 0 Å². The highest BCUT2D eigenvalue weighted by Gasteiger charge is 2.31. The van der Waals surface area contributed by atoms with Gasteiger partial charge >= 0.3 is 0 Å². The van der Waals surface area contributed by atoms with Crippen LogP contribution < -0.4 is 5.73 Å². The van der Waals surface area contributed by atoms with Gasteiger partial charge in [0.05, 0.1) is 17.6 Å². The summed E-state index contributed by atoms with van der Waals surface area (Å²) >= 11 is 0. The SMILES string of the molecule is CN1Cc2cc(N)cnc2C(C)(C)C1. The van der Waals surface area contributed by atoms with E-state index in [0.29, 0.717) is 0 Å². The van der Waals surface area contributed by atoms with Crippen molar-refractivity contribution in [1.29, 1.82) is 0 Å². The number of hydrogen-bond acceptors (Lipinski definition) is 3. The lowest BCUT2D eigenvalue weighted by molar-refractivity contribution is 0.231. The summed E-state index contributed by atoms with van der Waals surface area (Å²) in [6.07, 6.45) is 1.76. The molecule has 2 heterocycles. The molecule has 1 aromatic rings. The van der Waals surface area contributed by atoms with Gasteiger partial charge in [0.2, 0.25) is 0 Å². The number of pyridine rings is 1. The first-order chi connectivity index (χ1) is 6.49. The Morgan fingerprint density at radius 1 is 1.50 bits per heavy atom. The summed E-state index contributed by atoms with van der Waals surface area (Å²) in [6.45, 7) is 6.46. The molecule has 2 N–H and O–H groups in total. The van der Waals surface area contributed by atoms with E-state index in [9.17, 15) is 0 Å². The molecule has 0 atom stereocenters. The lowest BCUT2D eigenvalue weighted by Crippen LogP contribution is -2.40. The Kier molecular flexibility index (Phi) is 2.00. The Hall–Kier alpha value is -1.09.